The molecule has 1 heterocycles. The average molecular weight is 354 g/mol. The molecule has 1 fully saturated rings. The Labute approximate surface area is 159 Å². The van der Waals surface area contributed by atoms with Crippen molar-refractivity contribution in [1.29, 1.82) is 0 Å². The minimum atomic E-state index is 0.302. The van der Waals surface area contributed by atoms with E-state index in [1.165, 1.54) is 65.4 Å². The van der Waals surface area contributed by atoms with Gasteiger partial charge in [-0.3, -0.25) is 0 Å². The minimum absolute atomic E-state index is 0.302. The van der Waals surface area contributed by atoms with Crippen molar-refractivity contribution in [2.75, 3.05) is 0 Å². The van der Waals surface area contributed by atoms with E-state index in [-0.39, 0.29) is 0 Å². The molecule has 0 aliphatic heterocycles. The number of aromatic nitrogens is 1. The number of hydrogen-bond acceptors (Lipinski definition) is 1. The Kier molecular flexibility index (Phi) is 5.60. The van der Waals surface area contributed by atoms with E-state index < -0.39 is 0 Å². The van der Waals surface area contributed by atoms with E-state index in [4.69, 9.17) is 0 Å². The molecule has 26 heavy (non-hydrogen) atoms. The van der Waals surface area contributed by atoms with E-state index in [0.717, 1.165) is 19.1 Å². The van der Waals surface area contributed by atoms with Gasteiger partial charge < -0.3 is 9.36 Å². The topological polar surface area (TPSA) is 22.0 Å². The summed E-state index contributed by atoms with van der Waals surface area (Å²) in [5, 5.41) is 1.41. The molecule has 0 bridgehead atoms. The summed E-state index contributed by atoms with van der Waals surface area (Å²) in [7, 11) is 0. The van der Waals surface area contributed by atoms with Gasteiger partial charge in [-0.2, -0.15) is 0 Å². The van der Waals surface area contributed by atoms with Gasteiger partial charge in [0.15, 0.2) is 0 Å². The van der Waals surface area contributed by atoms with Crippen molar-refractivity contribution >= 4 is 17.2 Å². The Morgan fingerprint density at radius 2 is 1.96 bits per heavy atom. The summed E-state index contributed by atoms with van der Waals surface area (Å²) in [6.45, 7) is 12.0. The molecule has 2 nitrogen and oxygen atoms in total. The number of hydrogen-bond donors (Lipinski definition) is 0. The third-order valence-corrected chi connectivity index (χ3v) is 6.05. The zero-order valence-electron chi connectivity index (χ0n) is 17.3. The summed E-state index contributed by atoms with van der Waals surface area (Å²) in [5.41, 5.74) is 7.33. The third-order valence-electron chi connectivity index (χ3n) is 6.05. The highest BCUT2D eigenvalue weighted by molar-refractivity contribution is 5.90. The number of benzene rings is 1. The lowest BCUT2D eigenvalue weighted by Gasteiger charge is -2.25. The Morgan fingerprint density at radius 3 is 2.54 bits per heavy atom. The zero-order chi connectivity index (χ0) is 18.9. The molecule has 0 unspecified atom stereocenters. The van der Waals surface area contributed by atoms with Crippen LogP contribution < -0.4 is 0 Å². The summed E-state index contributed by atoms with van der Waals surface area (Å²) in [5.74, 6) is 0.656. The number of aldehydes is 1. The van der Waals surface area contributed by atoms with Crippen molar-refractivity contribution in [3.63, 3.8) is 0 Å². The summed E-state index contributed by atoms with van der Waals surface area (Å²) in [6, 6.07) is 4.72. The number of carbonyl (C=O) groups is 1. The molecule has 1 aliphatic rings. The van der Waals surface area contributed by atoms with E-state index in [9.17, 15) is 4.79 Å². The van der Waals surface area contributed by atoms with Gasteiger partial charge in [0.1, 0.15) is 6.29 Å². The molecule has 0 atom stereocenters. The molecule has 142 valence electrons. The Bertz CT molecular complexity index is 792. The molecule has 3 rings (SSSR count). The maximum atomic E-state index is 11.5. The van der Waals surface area contributed by atoms with Crippen LogP contribution in [0.25, 0.3) is 10.9 Å². The highest BCUT2D eigenvalue weighted by Crippen LogP contribution is 2.47. The first-order chi connectivity index (χ1) is 12.4. The van der Waals surface area contributed by atoms with Crippen molar-refractivity contribution < 1.29 is 4.79 Å². The lowest BCUT2D eigenvalue weighted by molar-refractivity contribution is -0.108. The second-order valence-corrected chi connectivity index (χ2v) is 9.02. The first-order valence-corrected chi connectivity index (χ1v) is 10.5. The van der Waals surface area contributed by atoms with Gasteiger partial charge in [0.2, 0.25) is 0 Å². The van der Waals surface area contributed by atoms with Crippen LogP contribution in [0.5, 0.6) is 0 Å². The van der Waals surface area contributed by atoms with Crippen molar-refractivity contribution in [1.82, 2.24) is 4.57 Å². The SMILES string of the molecule is CCCCC(C)(C)Cc1c(C2CC2)n(CC=O)c2c(C)cc(CC)cc12. The Morgan fingerprint density at radius 1 is 1.23 bits per heavy atom. The van der Waals surface area contributed by atoms with Crippen LogP contribution in [0, 0.1) is 12.3 Å². The number of rotatable bonds is 9. The molecule has 1 aromatic carbocycles. The van der Waals surface area contributed by atoms with Crippen LogP contribution >= 0.6 is 0 Å². The van der Waals surface area contributed by atoms with Crippen LogP contribution in [0.4, 0.5) is 0 Å². The second-order valence-electron chi connectivity index (χ2n) is 9.02. The van der Waals surface area contributed by atoms with E-state index in [0.29, 0.717) is 17.9 Å². The largest absolute Gasteiger partial charge is 0.337 e. The van der Waals surface area contributed by atoms with Crippen molar-refractivity contribution in [2.45, 2.75) is 92.0 Å². The zero-order valence-corrected chi connectivity index (χ0v) is 17.3. The van der Waals surface area contributed by atoms with Gasteiger partial charge in [-0.1, -0.05) is 46.6 Å². The molecular weight excluding hydrogens is 318 g/mol. The summed E-state index contributed by atoms with van der Waals surface area (Å²) >= 11 is 0. The van der Waals surface area contributed by atoms with E-state index in [1.807, 2.05) is 0 Å². The molecule has 0 radical (unpaired) electrons. The lowest BCUT2D eigenvalue weighted by atomic mass is 9.80. The van der Waals surface area contributed by atoms with Crippen LogP contribution in [-0.2, 0) is 24.2 Å². The third kappa shape index (κ3) is 3.75. The molecular formula is C24H35NO. The second kappa shape index (κ2) is 7.58. The van der Waals surface area contributed by atoms with Crippen LogP contribution in [0.1, 0.15) is 88.1 Å². The fourth-order valence-electron chi connectivity index (χ4n) is 4.56. The van der Waals surface area contributed by atoms with Crippen LogP contribution in [0.2, 0.25) is 0 Å². The number of aryl methyl sites for hydroxylation is 2. The quantitative estimate of drug-likeness (QED) is 0.482. The molecule has 2 aromatic rings. The van der Waals surface area contributed by atoms with Gasteiger partial charge in [0.05, 0.1) is 12.1 Å². The van der Waals surface area contributed by atoms with E-state index >= 15 is 0 Å². The van der Waals surface area contributed by atoms with Crippen LogP contribution in [0.15, 0.2) is 12.1 Å². The maximum absolute atomic E-state index is 11.5. The lowest BCUT2D eigenvalue weighted by Crippen LogP contribution is -2.16. The van der Waals surface area contributed by atoms with Gasteiger partial charge in [0.25, 0.3) is 0 Å². The number of carbonyl (C=O) groups excluding carboxylic acids is 1. The molecule has 0 amide bonds. The first-order valence-electron chi connectivity index (χ1n) is 10.5. The van der Waals surface area contributed by atoms with Crippen molar-refractivity contribution in [3.05, 3.63) is 34.5 Å². The van der Waals surface area contributed by atoms with Gasteiger partial charge in [0, 0.05) is 11.1 Å². The van der Waals surface area contributed by atoms with Gasteiger partial charge in [-0.05, 0) is 73.1 Å². The van der Waals surface area contributed by atoms with E-state index in [2.05, 4.69) is 51.3 Å². The fourth-order valence-corrected chi connectivity index (χ4v) is 4.56. The molecule has 2 heteroatoms. The van der Waals surface area contributed by atoms with E-state index in [1.54, 1.807) is 0 Å². The monoisotopic (exact) mass is 353 g/mol. The van der Waals surface area contributed by atoms with Gasteiger partial charge in [-0.15, -0.1) is 0 Å². The number of fused-ring (bicyclic) bond motifs is 1. The first kappa shape index (κ1) is 19.2. The van der Waals surface area contributed by atoms with Crippen LogP contribution in [0.3, 0.4) is 0 Å². The molecule has 1 aromatic heterocycles. The van der Waals surface area contributed by atoms with Crippen LogP contribution in [-0.4, -0.2) is 10.9 Å². The Hall–Kier alpha value is -1.57. The van der Waals surface area contributed by atoms with Gasteiger partial charge in [-0.25, -0.2) is 0 Å². The normalized spacial score (nSPS) is 15.0. The Balaban J connectivity index is 2.19. The highest BCUT2D eigenvalue weighted by Gasteiger charge is 2.34. The molecule has 1 aliphatic carbocycles. The maximum Gasteiger partial charge on any atom is 0.139 e. The summed E-state index contributed by atoms with van der Waals surface area (Å²) in [4.78, 5) is 11.5. The molecule has 0 spiro atoms. The highest BCUT2D eigenvalue weighted by atomic mass is 16.1. The summed E-state index contributed by atoms with van der Waals surface area (Å²) < 4.78 is 2.35. The van der Waals surface area contributed by atoms with Crippen molar-refractivity contribution in [2.24, 2.45) is 5.41 Å². The fraction of sp³-hybridized carbons (Fsp3) is 0.625. The number of nitrogens with zero attached hydrogens (tertiary/aromatic N) is 1. The average Bonchev–Trinajstić information content (AvgIpc) is 3.39. The predicted octanol–water partition coefficient (Wildman–Crippen LogP) is 6.35. The number of unbranched alkanes of at least 4 members (excludes halogenated alkanes) is 1. The molecule has 0 saturated heterocycles. The minimum Gasteiger partial charge on any atom is -0.337 e. The van der Waals surface area contributed by atoms with Gasteiger partial charge >= 0.3 is 0 Å². The standard InChI is InChI=1S/C24H35NO/c1-6-8-11-24(4,5)16-21-20-15-18(7-2)14-17(3)22(20)25(12-13-26)23(21)19-9-10-19/h13-15,19H,6-12,16H2,1-5H3. The predicted molar refractivity (Wildman–Crippen MR) is 111 cm³/mol. The van der Waals surface area contributed by atoms with Crippen molar-refractivity contribution in [3.8, 4) is 0 Å². The summed E-state index contributed by atoms with van der Waals surface area (Å²) in [6.07, 6.45) is 9.61. The molecule has 1 saturated carbocycles. The molecule has 0 N–H and O–H groups in total. The smallest absolute Gasteiger partial charge is 0.139 e.